The van der Waals surface area contributed by atoms with E-state index in [9.17, 15) is 0 Å². The molecule has 1 saturated carbocycles. The molecule has 1 fully saturated rings. The average molecular weight is 223 g/mol. The molecule has 0 bridgehead atoms. The van der Waals surface area contributed by atoms with Crippen molar-refractivity contribution in [3.8, 4) is 0 Å². The van der Waals surface area contributed by atoms with Crippen LogP contribution in [0.5, 0.6) is 0 Å². The fourth-order valence-electron chi connectivity index (χ4n) is 1.91. The molecule has 3 nitrogen and oxygen atoms in total. The monoisotopic (exact) mass is 223 g/mol. The maximum absolute atomic E-state index is 5.32. The number of nitrogens with zero attached hydrogens (tertiary/aromatic N) is 1. The SMILES string of the molecule is NNc1cc(CSC2CCCC2)ccn1. The Labute approximate surface area is 94.8 Å². The summed E-state index contributed by atoms with van der Waals surface area (Å²) in [7, 11) is 0. The smallest absolute Gasteiger partial charge is 0.140 e. The summed E-state index contributed by atoms with van der Waals surface area (Å²) >= 11 is 2.06. The molecule has 0 atom stereocenters. The van der Waals surface area contributed by atoms with E-state index in [4.69, 9.17) is 5.84 Å². The van der Waals surface area contributed by atoms with E-state index in [2.05, 4.69) is 28.2 Å². The predicted octanol–water partition coefficient (Wildman–Crippen LogP) is 2.54. The second-order valence-corrected chi connectivity index (χ2v) is 5.20. The van der Waals surface area contributed by atoms with E-state index in [1.807, 2.05) is 6.07 Å². The normalized spacial score (nSPS) is 16.9. The van der Waals surface area contributed by atoms with Crippen LogP contribution in [0, 0.1) is 0 Å². The molecule has 4 heteroatoms. The number of nitrogens with two attached hydrogens (primary N) is 1. The van der Waals surface area contributed by atoms with Gasteiger partial charge in [0.2, 0.25) is 0 Å². The molecule has 0 aromatic carbocycles. The van der Waals surface area contributed by atoms with Crippen LogP contribution in [-0.2, 0) is 5.75 Å². The van der Waals surface area contributed by atoms with Crippen molar-refractivity contribution >= 4 is 17.6 Å². The van der Waals surface area contributed by atoms with Crippen LogP contribution in [-0.4, -0.2) is 10.2 Å². The lowest BCUT2D eigenvalue weighted by molar-refractivity contribution is 0.886. The molecule has 1 heterocycles. The van der Waals surface area contributed by atoms with Crippen molar-refractivity contribution in [2.75, 3.05) is 5.43 Å². The summed E-state index contributed by atoms with van der Waals surface area (Å²) in [5.74, 6) is 7.14. The first-order valence-electron chi connectivity index (χ1n) is 5.41. The minimum Gasteiger partial charge on any atom is -0.308 e. The second-order valence-electron chi connectivity index (χ2n) is 3.91. The summed E-state index contributed by atoms with van der Waals surface area (Å²) in [4.78, 5) is 4.09. The van der Waals surface area contributed by atoms with Crippen molar-refractivity contribution in [2.45, 2.75) is 36.7 Å². The maximum Gasteiger partial charge on any atom is 0.140 e. The molecule has 1 aliphatic carbocycles. The number of aromatic nitrogens is 1. The highest BCUT2D eigenvalue weighted by molar-refractivity contribution is 7.99. The Morgan fingerprint density at radius 2 is 2.27 bits per heavy atom. The van der Waals surface area contributed by atoms with Gasteiger partial charge in [0.25, 0.3) is 0 Å². The zero-order valence-corrected chi connectivity index (χ0v) is 9.59. The maximum atomic E-state index is 5.32. The molecule has 0 saturated heterocycles. The third-order valence-electron chi connectivity index (χ3n) is 2.76. The topological polar surface area (TPSA) is 50.9 Å². The highest BCUT2D eigenvalue weighted by Crippen LogP contribution is 2.31. The lowest BCUT2D eigenvalue weighted by atomic mass is 10.3. The van der Waals surface area contributed by atoms with Crippen LogP contribution in [0.25, 0.3) is 0 Å². The van der Waals surface area contributed by atoms with Gasteiger partial charge in [0, 0.05) is 17.2 Å². The van der Waals surface area contributed by atoms with Crippen molar-refractivity contribution in [1.29, 1.82) is 0 Å². The average Bonchev–Trinajstić information content (AvgIpc) is 2.79. The minimum atomic E-state index is 0.750. The Kier molecular flexibility index (Phi) is 3.86. The Morgan fingerprint density at radius 3 is 3.00 bits per heavy atom. The molecule has 0 amide bonds. The number of thioether (sulfide) groups is 1. The van der Waals surface area contributed by atoms with Crippen molar-refractivity contribution in [3.63, 3.8) is 0 Å². The summed E-state index contributed by atoms with van der Waals surface area (Å²) in [6.45, 7) is 0. The van der Waals surface area contributed by atoms with E-state index in [0.29, 0.717) is 0 Å². The van der Waals surface area contributed by atoms with Gasteiger partial charge in [-0.3, -0.25) is 0 Å². The fourth-order valence-corrected chi connectivity index (χ4v) is 3.19. The van der Waals surface area contributed by atoms with Gasteiger partial charge >= 0.3 is 0 Å². The molecule has 0 radical (unpaired) electrons. The van der Waals surface area contributed by atoms with Gasteiger partial charge in [0.1, 0.15) is 5.82 Å². The Bertz CT molecular complexity index is 310. The van der Waals surface area contributed by atoms with Crippen molar-refractivity contribution in [1.82, 2.24) is 4.98 Å². The van der Waals surface area contributed by atoms with Crippen LogP contribution in [0.3, 0.4) is 0 Å². The summed E-state index contributed by atoms with van der Waals surface area (Å²) in [5.41, 5.74) is 3.88. The lowest BCUT2D eigenvalue weighted by Gasteiger charge is -2.08. The van der Waals surface area contributed by atoms with Gasteiger partial charge in [-0.05, 0) is 30.5 Å². The molecular weight excluding hydrogens is 206 g/mol. The first-order valence-corrected chi connectivity index (χ1v) is 6.46. The van der Waals surface area contributed by atoms with Crippen LogP contribution in [0.4, 0.5) is 5.82 Å². The lowest BCUT2D eigenvalue weighted by Crippen LogP contribution is -2.08. The Hall–Kier alpha value is -0.740. The summed E-state index contributed by atoms with van der Waals surface area (Å²) in [6.07, 6.45) is 7.39. The van der Waals surface area contributed by atoms with E-state index in [0.717, 1.165) is 16.8 Å². The number of hydrogen-bond acceptors (Lipinski definition) is 4. The third kappa shape index (κ3) is 3.11. The molecule has 2 rings (SSSR count). The Balaban J connectivity index is 1.86. The van der Waals surface area contributed by atoms with Gasteiger partial charge in [0.15, 0.2) is 0 Å². The highest BCUT2D eigenvalue weighted by atomic mass is 32.2. The second kappa shape index (κ2) is 5.37. The van der Waals surface area contributed by atoms with Crippen LogP contribution in [0.15, 0.2) is 18.3 Å². The van der Waals surface area contributed by atoms with E-state index < -0.39 is 0 Å². The highest BCUT2D eigenvalue weighted by Gasteiger charge is 2.14. The predicted molar refractivity (Wildman–Crippen MR) is 65.6 cm³/mol. The van der Waals surface area contributed by atoms with Gasteiger partial charge in [-0.1, -0.05) is 12.8 Å². The van der Waals surface area contributed by atoms with E-state index >= 15 is 0 Å². The number of hydrogen-bond donors (Lipinski definition) is 2. The first kappa shape index (κ1) is 10.8. The molecule has 1 aromatic rings. The zero-order chi connectivity index (χ0) is 10.5. The van der Waals surface area contributed by atoms with E-state index in [-0.39, 0.29) is 0 Å². The van der Waals surface area contributed by atoms with Gasteiger partial charge in [-0.25, -0.2) is 10.8 Å². The molecule has 1 aromatic heterocycles. The molecule has 15 heavy (non-hydrogen) atoms. The molecule has 0 unspecified atom stereocenters. The molecular formula is C11H17N3S. The summed E-state index contributed by atoms with van der Waals surface area (Å²) in [6, 6.07) is 4.07. The minimum absolute atomic E-state index is 0.750. The zero-order valence-electron chi connectivity index (χ0n) is 8.78. The Morgan fingerprint density at radius 1 is 1.47 bits per heavy atom. The molecule has 1 aliphatic rings. The first-order chi connectivity index (χ1) is 7.38. The van der Waals surface area contributed by atoms with Gasteiger partial charge in [-0.2, -0.15) is 11.8 Å². The number of nitrogens with one attached hydrogen (secondary N) is 1. The quantitative estimate of drug-likeness (QED) is 0.608. The number of nitrogen functional groups attached to an aromatic ring is 1. The summed E-state index contributed by atoms with van der Waals surface area (Å²) in [5, 5.41) is 0.868. The van der Waals surface area contributed by atoms with E-state index in [1.54, 1.807) is 6.20 Å². The largest absolute Gasteiger partial charge is 0.308 e. The molecule has 3 N–H and O–H groups in total. The van der Waals surface area contributed by atoms with Crippen LogP contribution in [0.1, 0.15) is 31.2 Å². The van der Waals surface area contributed by atoms with Crippen LogP contribution < -0.4 is 11.3 Å². The molecule has 0 spiro atoms. The third-order valence-corrected chi connectivity index (χ3v) is 4.20. The van der Waals surface area contributed by atoms with Gasteiger partial charge < -0.3 is 5.43 Å². The molecule has 82 valence electrons. The number of hydrazine groups is 1. The van der Waals surface area contributed by atoms with Gasteiger partial charge in [-0.15, -0.1) is 0 Å². The van der Waals surface area contributed by atoms with Crippen molar-refractivity contribution in [3.05, 3.63) is 23.9 Å². The van der Waals surface area contributed by atoms with Gasteiger partial charge in [0.05, 0.1) is 0 Å². The number of anilines is 1. The fraction of sp³-hybridized carbons (Fsp3) is 0.545. The van der Waals surface area contributed by atoms with Crippen molar-refractivity contribution in [2.24, 2.45) is 5.84 Å². The van der Waals surface area contributed by atoms with E-state index in [1.165, 1.54) is 31.2 Å². The number of pyridine rings is 1. The molecule has 0 aliphatic heterocycles. The van der Waals surface area contributed by atoms with Crippen LogP contribution in [0.2, 0.25) is 0 Å². The standard InChI is InChI=1S/C11H17N3S/c12-14-11-7-9(5-6-13-11)8-15-10-3-1-2-4-10/h5-7,10H,1-4,8,12H2,(H,13,14). The number of rotatable bonds is 4. The summed E-state index contributed by atoms with van der Waals surface area (Å²) < 4.78 is 0. The van der Waals surface area contributed by atoms with Crippen LogP contribution >= 0.6 is 11.8 Å². The van der Waals surface area contributed by atoms with Crippen molar-refractivity contribution < 1.29 is 0 Å².